The number of aliphatic hydroxyl groups is 1. The molecule has 0 saturated carbocycles. The number of aliphatic hydroxyl groups excluding tert-OH is 1. The number of nitrogen functional groups attached to an aromatic ring is 1. The van der Waals surface area contributed by atoms with Gasteiger partial charge in [-0.2, -0.15) is 0 Å². The molecule has 3 N–H and O–H groups in total. The van der Waals surface area contributed by atoms with Crippen LogP contribution in [0.1, 0.15) is 31.9 Å². The van der Waals surface area contributed by atoms with Gasteiger partial charge in [0.25, 0.3) is 0 Å². The van der Waals surface area contributed by atoms with Gasteiger partial charge < -0.3 is 10.8 Å². The standard InChI is InChI=1S/C15H19N3O/c1-15(2,3)12-6-4-10(5-7-12)14-17-8-11(9-19)13(16)18-14/h4-8,19H,9H2,1-3H3,(H2,16,17,18). The van der Waals surface area contributed by atoms with Gasteiger partial charge in [0.15, 0.2) is 5.82 Å². The van der Waals surface area contributed by atoms with E-state index in [0.29, 0.717) is 17.2 Å². The molecule has 0 bridgehead atoms. The number of nitrogens with zero attached hydrogens (tertiary/aromatic N) is 2. The van der Waals surface area contributed by atoms with Crippen LogP contribution in [0, 0.1) is 0 Å². The minimum absolute atomic E-state index is 0.124. The number of hydrogen-bond donors (Lipinski definition) is 2. The highest BCUT2D eigenvalue weighted by molar-refractivity contribution is 5.58. The summed E-state index contributed by atoms with van der Waals surface area (Å²) in [5.41, 5.74) is 8.61. The van der Waals surface area contributed by atoms with Gasteiger partial charge in [-0.05, 0) is 11.0 Å². The molecule has 1 aromatic heterocycles. The first-order valence-electron chi connectivity index (χ1n) is 6.25. The van der Waals surface area contributed by atoms with E-state index in [-0.39, 0.29) is 12.0 Å². The minimum atomic E-state index is -0.144. The molecule has 2 aromatic rings. The fourth-order valence-corrected chi connectivity index (χ4v) is 1.80. The van der Waals surface area contributed by atoms with Crippen LogP contribution < -0.4 is 5.73 Å². The Bertz CT molecular complexity index is 571. The second-order valence-electron chi connectivity index (χ2n) is 5.59. The fraction of sp³-hybridized carbons (Fsp3) is 0.333. The van der Waals surface area contributed by atoms with Crippen LogP contribution in [-0.4, -0.2) is 15.1 Å². The number of anilines is 1. The lowest BCUT2D eigenvalue weighted by molar-refractivity contribution is 0.281. The second-order valence-corrected chi connectivity index (χ2v) is 5.59. The summed E-state index contributed by atoms with van der Waals surface area (Å²) in [5, 5.41) is 9.05. The molecule has 1 heterocycles. The number of aromatic nitrogens is 2. The van der Waals surface area contributed by atoms with E-state index >= 15 is 0 Å². The van der Waals surface area contributed by atoms with Gasteiger partial charge in [0.1, 0.15) is 5.82 Å². The molecule has 2 rings (SSSR count). The molecule has 4 heteroatoms. The predicted octanol–water partition coefficient (Wildman–Crippen LogP) is 2.52. The van der Waals surface area contributed by atoms with Crippen molar-refractivity contribution in [2.45, 2.75) is 32.8 Å². The highest BCUT2D eigenvalue weighted by atomic mass is 16.3. The molecule has 1 aromatic carbocycles. The van der Waals surface area contributed by atoms with Gasteiger partial charge in [-0.15, -0.1) is 0 Å². The van der Waals surface area contributed by atoms with Crippen LogP contribution in [0.5, 0.6) is 0 Å². The van der Waals surface area contributed by atoms with Crippen LogP contribution in [0.3, 0.4) is 0 Å². The molecule has 0 aliphatic rings. The first kappa shape index (κ1) is 13.5. The summed E-state index contributed by atoms with van der Waals surface area (Å²) in [6, 6.07) is 8.14. The molecule has 19 heavy (non-hydrogen) atoms. The molecule has 0 atom stereocenters. The van der Waals surface area contributed by atoms with Crippen LogP contribution in [0.15, 0.2) is 30.5 Å². The van der Waals surface area contributed by atoms with Crippen molar-refractivity contribution in [3.63, 3.8) is 0 Å². The predicted molar refractivity (Wildman–Crippen MR) is 76.5 cm³/mol. The van der Waals surface area contributed by atoms with Gasteiger partial charge in [0.2, 0.25) is 0 Å². The monoisotopic (exact) mass is 257 g/mol. The van der Waals surface area contributed by atoms with E-state index in [1.165, 1.54) is 5.56 Å². The Morgan fingerprint density at radius 1 is 1.16 bits per heavy atom. The Morgan fingerprint density at radius 2 is 1.79 bits per heavy atom. The third-order valence-electron chi connectivity index (χ3n) is 3.08. The highest BCUT2D eigenvalue weighted by Gasteiger charge is 2.13. The Hall–Kier alpha value is -1.94. The fourth-order valence-electron chi connectivity index (χ4n) is 1.80. The molecule has 100 valence electrons. The molecule has 0 radical (unpaired) electrons. The number of hydrogen-bond acceptors (Lipinski definition) is 4. The number of benzene rings is 1. The van der Waals surface area contributed by atoms with Crippen LogP contribution in [0.4, 0.5) is 5.82 Å². The van der Waals surface area contributed by atoms with E-state index in [0.717, 1.165) is 5.56 Å². The van der Waals surface area contributed by atoms with E-state index in [1.807, 2.05) is 12.1 Å². The van der Waals surface area contributed by atoms with Crippen LogP contribution >= 0.6 is 0 Å². The van der Waals surface area contributed by atoms with Crippen molar-refractivity contribution >= 4 is 5.82 Å². The van der Waals surface area contributed by atoms with Gasteiger partial charge >= 0.3 is 0 Å². The maximum absolute atomic E-state index is 9.05. The van der Waals surface area contributed by atoms with Crippen molar-refractivity contribution in [3.8, 4) is 11.4 Å². The molecular formula is C15H19N3O. The summed E-state index contributed by atoms with van der Waals surface area (Å²) in [6.45, 7) is 6.38. The van der Waals surface area contributed by atoms with Gasteiger partial charge in [0, 0.05) is 17.3 Å². The zero-order chi connectivity index (χ0) is 14.0. The quantitative estimate of drug-likeness (QED) is 0.867. The van der Waals surface area contributed by atoms with Crippen molar-refractivity contribution in [2.75, 3.05) is 5.73 Å². The summed E-state index contributed by atoms with van der Waals surface area (Å²) in [7, 11) is 0. The summed E-state index contributed by atoms with van der Waals surface area (Å²) in [5.74, 6) is 0.905. The topological polar surface area (TPSA) is 72.0 Å². The average molecular weight is 257 g/mol. The Kier molecular flexibility index (Phi) is 3.53. The third kappa shape index (κ3) is 2.90. The lowest BCUT2D eigenvalue weighted by Gasteiger charge is -2.19. The van der Waals surface area contributed by atoms with Crippen LogP contribution in [0.2, 0.25) is 0 Å². The van der Waals surface area contributed by atoms with Crippen molar-refractivity contribution < 1.29 is 5.11 Å². The van der Waals surface area contributed by atoms with Gasteiger partial charge in [-0.3, -0.25) is 0 Å². The summed E-state index contributed by atoms with van der Waals surface area (Å²) < 4.78 is 0. The molecule has 0 aliphatic carbocycles. The Morgan fingerprint density at radius 3 is 2.26 bits per heavy atom. The molecule has 0 aliphatic heterocycles. The molecular weight excluding hydrogens is 238 g/mol. The molecule has 0 fully saturated rings. The second kappa shape index (κ2) is 4.97. The lowest BCUT2D eigenvalue weighted by atomic mass is 9.87. The molecule has 4 nitrogen and oxygen atoms in total. The number of rotatable bonds is 2. The zero-order valence-electron chi connectivity index (χ0n) is 11.5. The van der Waals surface area contributed by atoms with Crippen LogP contribution in [0.25, 0.3) is 11.4 Å². The van der Waals surface area contributed by atoms with Crippen molar-refractivity contribution in [1.29, 1.82) is 0 Å². The van der Waals surface area contributed by atoms with E-state index in [1.54, 1.807) is 6.20 Å². The Labute approximate surface area is 113 Å². The summed E-state index contributed by atoms with van der Waals surface area (Å²) >= 11 is 0. The van der Waals surface area contributed by atoms with E-state index in [2.05, 4.69) is 42.9 Å². The van der Waals surface area contributed by atoms with E-state index in [4.69, 9.17) is 10.8 Å². The third-order valence-corrected chi connectivity index (χ3v) is 3.08. The average Bonchev–Trinajstić information content (AvgIpc) is 2.38. The number of nitrogens with two attached hydrogens (primary N) is 1. The van der Waals surface area contributed by atoms with Crippen molar-refractivity contribution in [2.24, 2.45) is 0 Å². The Balaban J connectivity index is 2.35. The lowest BCUT2D eigenvalue weighted by Crippen LogP contribution is -2.10. The van der Waals surface area contributed by atoms with Gasteiger partial charge in [-0.1, -0.05) is 45.0 Å². The summed E-state index contributed by atoms with van der Waals surface area (Å²) in [6.07, 6.45) is 1.56. The SMILES string of the molecule is CC(C)(C)c1ccc(-c2ncc(CO)c(N)n2)cc1. The zero-order valence-corrected chi connectivity index (χ0v) is 11.5. The largest absolute Gasteiger partial charge is 0.391 e. The first-order chi connectivity index (χ1) is 8.91. The van der Waals surface area contributed by atoms with Gasteiger partial charge in [0.05, 0.1) is 6.61 Å². The normalized spacial score (nSPS) is 11.6. The van der Waals surface area contributed by atoms with Crippen LogP contribution in [-0.2, 0) is 12.0 Å². The molecule has 0 amide bonds. The maximum atomic E-state index is 9.05. The molecule has 0 unspecified atom stereocenters. The molecule has 0 spiro atoms. The van der Waals surface area contributed by atoms with Gasteiger partial charge in [-0.25, -0.2) is 9.97 Å². The molecule has 0 saturated heterocycles. The van der Waals surface area contributed by atoms with Crippen molar-refractivity contribution in [3.05, 3.63) is 41.6 Å². The summed E-state index contributed by atoms with van der Waals surface area (Å²) in [4.78, 5) is 8.43. The minimum Gasteiger partial charge on any atom is -0.391 e. The van der Waals surface area contributed by atoms with E-state index in [9.17, 15) is 0 Å². The highest BCUT2D eigenvalue weighted by Crippen LogP contribution is 2.25. The maximum Gasteiger partial charge on any atom is 0.161 e. The first-order valence-corrected chi connectivity index (χ1v) is 6.25. The van der Waals surface area contributed by atoms with Crippen molar-refractivity contribution in [1.82, 2.24) is 9.97 Å². The van der Waals surface area contributed by atoms with E-state index < -0.39 is 0 Å². The smallest absolute Gasteiger partial charge is 0.161 e.